The molecule has 0 bridgehead atoms. The molecule has 0 saturated carbocycles. The van der Waals surface area contributed by atoms with Crippen molar-refractivity contribution in [2.24, 2.45) is 0 Å². The Morgan fingerprint density at radius 3 is 2.62 bits per heavy atom. The van der Waals surface area contributed by atoms with E-state index in [4.69, 9.17) is 9.52 Å². The maximum absolute atomic E-state index is 11.1. The van der Waals surface area contributed by atoms with Gasteiger partial charge >= 0.3 is 5.97 Å². The fourth-order valence-electron chi connectivity index (χ4n) is 4.07. The van der Waals surface area contributed by atoms with Crippen LogP contribution >= 0.6 is 12.4 Å². The lowest BCUT2D eigenvalue weighted by atomic mass is 10.0. The first-order valence-corrected chi connectivity index (χ1v) is 10.2. The number of piperazine rings is 1. The van der Waals surface area contributed by atoms with Crippen molar-refractivity contribution in [3.8, 4) is 22.6 Å². The Balaban J connectivity index is 0.00000245. The lowest BCUT2D eigenvalue weighted by Gasteiger charge is -2.35. The number of rotatable bonds is 4. The fraction of sp³-hybridized carbons (Fsp3) is 0.261. The van der Waals surface area contributed by atoms with Crippen molar-refractivity contribution in [2.75, 3.05) is 38.1 Å². The van der Waals surface area contributed by atoms with Gasteiger partial charge in [-0.3, -0.25) is 0 Å². The summed E-state index contributed by atoms with van der Waals surface area (Å²) in [5, 5.41) is 9.94. The van der Waals surface area contributed by atoms with E-state index >= 15 is 0 Å². The summed E-state index contributed by atoms with van der Waals surface area (Å²) in [6, 6.07) is 8.54. The van der Waals surface area contributed by atoms with Gasteiger partial charge in [0.05, 0.1) is 5.56 Å². The maximum atomic E-state index is 11.1. The van der Waals surface area contributed by atoms with Gasteiger partial charge in [-0.1, -0.05) is 6.07 Å². The highest BCUT2D eigenvalue weighted by Crippen LogP contribution is 2.32. The summed E-state index contributed by atoms with van der Waals surface area (Å²) in [5.74, 6) is -0.867. The summed E-state index contributed by atoms with van der Waals surface area (Å²) >= 11 is 0. The Labute approximate surface area is 191 Å². The third-order valence-corrected chi connectivity index (χ3v) is 5.86. The summed E-state index contributed by atoms with van der Waals surface area (Å²) in [5.41, 5.74) is 5.82. The number of carboxylic acid groups (broad SMARTS) is 1. The smallest absolute Gasteiger partial charge is 0.357 e. The molecule has 0 unspecified atom stereocenters. The van der Waals surface area contributed by atoms with Gasteiger partial charge in [-0.15, -0.1) is 12.4 Å². The molecule has 1 aliphatic rings. The lowest BCUT2D eigenvalue weighted by molar-refractivity contribution is 0.0690. The van der Waals surface area contributed by atoms with Crippen LogP contribution in [0.25, 0.3) is 33.6 Å². The SMILES string of the molecule is Cc1cc(-c2cnc3[nH]cc(-c4nc(C(=O)O)co4)c3c2)ccc1N1CCN(C)CC1.Cl. The topological polar surface area (TPSA) is 98.5 Å². The van der Waals surface area contributed by atoms with Crippen LogP contribution in [-0.2, 0) is 0 Å². The van der Waals surface area contributed by atoms with Crippen molar-refractivity contribution in [1.82, 2.24) is 19.9 Å². The minimum atomic E-state index is -1.12. The summed E-state index contributed by atoms with van der Waals surface area (Å²) in [7, 11) is 2.16. The zero-order valence-corrected chi connectivity index (χ0v) is 18.6. The second-order valence-electron chi connectivity index (χ2n) is 7.96. The highest BCUT2D eigenvalue weighted by Gasteiger charge is 2.18. The number of benzene rings is 1. The van der Waals surface area contributed by atoms with E-state index in [1.54, 1.807) is 6.20 Å². The third-order valence-electron chi connectivity index (χ3n) is 5.86. The van der Waals surface area contributed by atoms with E-state index in [2.05, 4.69) is 56.9 Å². The average Bonchev–Trinajstić information content (AvgIpc) is 3.41. The summed E-state index contributed by atoms with van der Waals surface area (Å²) in [6.45, 7) is 6.35. The number of pyridine rings is 1. The molecule has 0 aliphatic carbocycles. The molecule has 1 aliphatic heterocycles. The largest absolute Gasteiger partial charge is 0.476 e. The van der Waals surface area contributed by atoms with Gasteiger partial charge in [-0.25, -0.2) is 14.8 Å². The average molecular weight is 454 g/mol. The van der Waals surface area contributed by atoms with Crippen molar-refractivity contribution in [3.63, 3.8) is 0 Å². The van der Waals surface area contributed by atoms with Crippen LogP contribution in [-0.4, -0.2) is 64.2 Å². The molecule has 0 amide bonds. The first-order chi connectivity index (χ1) is 15.0. The number of aryl methyl sites for hydroxylation is 1. The van der Waals surface area contributed by atoms with Crippen LogP contribution in [0.5, 0.6) is 0 Å². The van der Waals surface area contributed by atoms with E-state index in [9.17, 15) is 4.79 Å². The number of H-pyrrole nitrogens is 1. The number of aromatic nitrogens is 3. The van der Waals surface area contributed by atoms with Crippen molar-refractivity contribution in [1.29, 1.82) is 0 Å². The minimum absolute atomic E-state index is 0. The Morgan fingerprint density at radius 1 is 1.16 bits per heavy atom. The fourth-order valence-corrected chi connectivity index (χ4v) is 4.07. The van der Waals surface area contributed by atoms with Crippen LogP contribution in [0.3, 0.4) is 0 Å². The molecule has 0 spiro atoms. The van der Waals surface area contributed by atoms with E-state index in [0.29, 0.717) is 11.2 Å². The second kappa shape index (κ2) is 8.64. The molecule has 1 aromatic carbocycles. The predicted octanol–water partition coefficient (Wildman–Crippen LogP) is 4.07. The number of hydrogen-bond donors (Lipinski definition) is 2. The maximum Gasteiger partial charge on any atom is 0.357 e. The van der Waals surface area contributed by atoms with Crippen LogP contribution in [0.4, 0.5) is 5.69 Å². The van der Waals surface area contributed by atoms with Crippen LogP contribution < -0.4 is 4.90 Å². The molecule has 2 N–H and O–H groups in total. The van der Waals surface area contributed by atoms with E-state index in [1.807, 2.05) is 12.3 Å². The molecule has 5 rings (SSSR count). The van der Waals surface area contributed by atoms with Crippen LogP contribution in [0.2, 0.25) is 0 Å². The van der Waals surface area contributed by atoms with E-state index in [-0.39, 0.29) is 24.0 Å². The van der Waals surface area contributed by atoms with Gasteiger partial charge in [0.25, 0.3) is 0 Å². The number of aromatic carboxylic acids is 1. The predicted molar refractivity (Wildman–Crippen MR) is 126 cm³/mol. The number of nitrogens with zero attached hydrogens (tertiary/aromatic N) is 4. The minimum Gasteiger partial charge on any atom is -0.476 e. The zero-order chi connectivity index (χ0) is 21.5. The van der Waals surface area contributed by atoms with Crippen molar-refractivity contribution >= 4 is 35.1 Å². The summed E-state index contributed by atoms with van der Waals surface area (Å²) in [6.07, 6.45) is 4.72. The molecule has 8 nitrogen and oxygen atoms in total. The highest BCUT2D eigenvalue weighted by molar-refractivity contribution is 5.94. The monoisotopic (exact) mass is 453 g/mol. The molecule has 9 heteroatoms. The number of aromatic amines is 1. The molecule has 0 radical (unpaired) electrons. The molecular weight excluding hydrogens is 430 g/mol. The normalized spacial score (nSPS) is 14.5. The third kappa shape index (κ3) is 3.94. The number of carbonyl (C=O) groups is 1. The zero-order valence-electron chi connectivity index (χ0n) is 17.8. The van der Waals surface area contributed by atoms with E-state index in [0.717, 1.165) is 49.0 Å². The number of nitrogens with one attached hydrogen (secondary N) is 1. The number of oxazole rings is 1. The van der Waals surface area contributed by atoms with Gasteiger partial charge in [-0.2, -0.15) is 0 Å². The number of anilines is 1. The van der Waals surface area contributed by atoms with Gasteiger partial charge in [0.15, 0.2) is 5.69 Å². The lowest BCUT2D eigenvalue weighted by Crippen LogP contribution is -2.44. The van der Waals surface area contributed by atoms with E-state index in [1.165, 1.54) is 11.3 Å². The van der Waals surface area contributed by atoms with Crippen molar-refractivity contribution in [3.05, 3.63) is 54.2 Å². The molecule has 4 heterocycles. The Morgan fingerprint density at radius 2 is 1.94 bits per heavy atom. The number of halogens is 1. The number of fused-ring (bicyclic) bond motifs is 1. The highest BCUT2D eigenvalue weighted by atomic mass is 35.5. The van der Waals surface area contributed by atoms with Crippen LogP contribution in [0, 0.1) is 6.92 Å². The van der Waals surface area contributed by atoms with Crippen LogP contribution in [0.15, 0.2) is 47.3 Å². The molecule has 3 aromatic heterocycles. The standard InChI is InChI=1S/C23H23N5O3.ClH/c1-14-9-15(3-4-20(14)28-7-5-27(2)6-8-28)16-10-17-18(12-25-21(17)24-11-16)22-26-19(13-31-22)23(29)30;/h3-4,9-13H,5-8H2,1-2H3,(H,24,25)(H,29,30);1H. The Bertz CT molecular complexity index is 1270. The van der Waals surface area contributed by atoms with Crippen molar-refractivity contribution < 1.29 is 14.3 Å². The van der Waals surface area contributed by atoms with E-state index < -0.39 is 5.97 Å². The first-order valence-electron chi connectivity index (χ1n) is 10.2. The molecule has 0 atom stereocenters. The van der Waals surface area contributed by atoms with Gasteiger partial charge in [0, 0.05) is 55.2 Å². The first kappa shape index (κ1) is 21.9. The summed E-state index contributed by atoms with van der Waals surface area (Å²) < 4.78 is 5.38. The van der Waals surface area contributed by atoms with Crippen molar-refractivity contribution in [2.45, 2.75) is 6.92 Å². The van der Waals surface area contributed by atoms with Gasteiger partial charge in [0.2, 0.25) is 5.89 Å². The van der Waals surface area contributed by atoms with Crippen LogP contribution in [0.1, 0.15) is 16.1 Å². The number of carboxylic acids is 1. The Hall–Kier alpha value is -3.36. The van der Waals surface area contributed by atoms with Gasteiger partial charge < -0.3 is 24.3 Å². The number of hydrogen-bond acceptors (Lipinski definition) is 6. The molecule has 1 saturated heterocycles. The number of likely N-dealkylation sites (N-methyl/N-ethyl adjacent to an activating group) is 1. The molecule has 166 valence electrons. The Kier molecular flexibility index (Phi) is 5.90. The van der Waals surface area contributed by atoms with Gasteiger partial charge in [-0.05, 0) is 43.3 Å². The molecule has 1 fully saturated rings. The molecule has 4 aromatic rings. The molecular formula is C23H24ClN5O3. The summed E-state index contributed by atoms with van der Waals surface area (Å²) in [4.78, 5) is 27.6. The molecule has 32 heavy (non-hydrogen) atoms. The van der Waals surface area contributed by atoms with Gasteiger partial charge in [0.1, 0.15) is 11.9 Å². The second-order valence-corrected chi connectivity index (χ2v) is 7.96. The quantitative estimate of drug-likeness (QED) is 0.480.